The molecule has 104 valence electrons. The molecule has 0 atom stereocenters. The Labute approximate surface area is 128 Å². The van der Waals surface area contributed by atoms with Gasteiger partial charge in [-0.15, -0.1) is 0 Å². The van der Waals surface area contributed by atoms with Crippen LogP contribution in [0.1, 0.15) is 5.56 Å². The number of aryl methyl sites for hydroxylation is 1. The molecule has 3 nitrogen and oxygen atoms in total. The van der Waals surface area contributed by atoms with Crippen LogP contribution in [0.15, 0.2) is 67.0 Å². The molecule has 3 rings (SSSR count). The van der Waals surface area contributed by atoms with Crippen LogP contribution in [0.25, 0.3) is 0 Å². The summed E-state index contributed by atoms with van der Waals surface area (Å²) < 4.78 is 0. The third kappa shape index (κ3) is 2.88. The summed E-state index contributed by atoms with van der Waals surface area (Å²) >= 11 is 6.35. The third-order valence-electron chi connectivity index (χ3n) is 3.08. The fourth-order valence-corrected chi connectivity index (χ4v) is 2.29. The maximum Gasteiger partial charge on any atom is 0.234 e. The topological polar surface area (TPSA) is 29.0 Å². The third-order valence-corrected chi connectivity index (χ3v) is 3.39. The first-order chi connectivity index (χ1) is 10.3. The molecule has 1 aromatic heterocycles. The van der Waals surface area contributed by atoms with Crippen LogP contribution in [0.4, 0.5) is 17.3 Å². The first-order valence-electron chi connectivity index (χ1n) is 6.64. The molecule has 0 radical (unpaired) electrons. The van der Waals surface area contributed by atoms with Gasteiger partial charge in [-0.3, -0.25) is 4.90 Å². The maximum atomic E-state index is 6.35. The van der Waals surface area contributed by atoms with Crippen LogP contribution in [0.2, 0.25) is 5.02 Å². The Morgan fingerprint density at radius 2 is 1.48 bits per heavy atom. The number of rotatable bonds is 3. The number of nitrogens with zero attached hydrogens (tertiary/aromatic N) is 3. The largest absolute Gasteiger partial charge is 0.278 e. The highest BCUT2D eigenvalue weighted by atomic mass is 35.5. The summed E-state index contributed by atoms with van der Waals surface area (Å²) in [6.07, 6.45) is 3.60. The zero-order valence-electron chi connectivity index (χ0n) is 11.6. The second kappa shape index (κ2) is 5.94. The average molecular weight is 296 g/mol. The molecule has 0 bridgehead atoms. The maximum absolute atomic E-state index is 6.35. The summed E-state index contributed by atoms with van der Waals surface area (Å²) in [5.74, 6) is 0.597. The first-order valence-corrected chi connectivity index (χ1v) is 7.02. The molecule has 0 N–H and O–H groups in total. The predicted molar refractivity (Wildman–Crippen MR) is 86.5 cm³/mol. The van der Waals surface area contributed by atoms with Crippen molar-refractivity contribution >= 4 is 28.9 Å². The molecule has 0 fully saturated rings. The van der Waals surface area contributed by atoms with Gasteiger partial charge in [0.25, 0.3) is 0 Å². The Morgan fingerprint density at radius 1 is 0.857 bits per heavy atom. The van der Waals surface area contributed by atoms with Crippen LogP contribution >= 0.6 is 11.6 Å². The summed E-state index contributed by atoms with van der Waals surface area (Å²) in [5, 5.41) is 0.658. The van der Waals surface area contributed by atoms with Crippen molar-refractivity contribution in [3.05, 3.63) is 77.6 Å². The molecule has 4 heteroatoms. The Morgan fingerprint density at radius 3 is 2.14 bits per heavy atom. The van der Waals surface area contributed by atoms with Crippen molar-refractivity contribution in [1.82, 2.24) is 9.97 Å². The standard InChI is InChI=1S/C17H14ClN3/c1-13-11-19-17(20-12-13)21(14-7-3-2-4-8-14)16-10-6-5-9-15(16)18/h2-12H,1H3. The molecule has 21 heavy (non-hydrogen) atoms. The van der Waals surface area contributed by atoms with E-state index in [9.17, 15) is 0 Å². The molecule has 1 heterocycles. The van der Waals surface area contributed by atoms with Crippen LogP contribution in [0, 0.1) is 6.92 Å². The van der Waals surface area contributed by atoms with Gasteiger partial charge in [-0.25, -0.2) is 9.97 Å². The number of halogens is 1. The molecule has 3 aromatic rings. The van der Waals surface area contributed by atoms with Gasteiger partial charge >= 0.3 is 0 Å². The zero-order chi connectivity index (χ0) is 14.7. The number of hydrogen-bond donors (Lipinski definition) is 0. The highest BCUT2D eigenvalue weighted by molar-refractivity contribution is 6.33. The lowest BCUT2D eigenvalue weighted by molar-refractivity contribution is 1.06. The van der Waals surface area contributed by atoms with Gasteiger partial charge in [0.15, 0.2) is 0 Å². The van der Waals surface area contributed by atoms with Gasteiger partial charge in [-0.1, -0.05) is 41.9 Å². The Kier molecular flexibility index (Phi) is 3.84. The average Bonchev–Trinajstić information content (AvgIpc) is 2.52. The van der Waals surface area contributed by atoms with Crippen molar-refractivity contribution in [3.63, 3.8) is 0 Å². The van der Waals surface area contributed by atoms with Crippen molar-refractivity contribution in [1.29, 1.82) is 0 Å². The molecule has 0 aliphatic carbocycles. The van der Waals surface area contributed by atoms with Crippen LogP contribution in [0.3, 0.4) is 0 Å². The molecular weight excluding hydrogens is 282 g/mol. The van der Waals surface area contributed by atoms with Crippen LogP contribution in [-0.4, -0.2) is 9.97 Å². The fraction of sp³-hybridized carbons (Fsp3) is 0.0588. The van der Waals surface area contributed by atoms with Gasteiger partial charge in [0.1, 0.15) is 0 Å². The first kappa shape index (κ1) is 13.6. The Bertz CT molecular complexity index is 727. The van der Waals surface area contributed by atoms with E-state index >= 15 is 0 Å². The van der Waals surface area contributed by atoms with E-state index < -0.39 is 0 Å². The number of aromatic nitrogens is 2. The van der Waals surface area contributed by atoms with Crippen molar-refractivity contribution in [3.8, 4) is 0 Å². The van der Waals surface area contributed by atoms with E-state index in [0.717, 1.165) is 16.9 Å². The van der Waals surface area contributed by atoms with E-state index in [1.807, 2.05) is 66.4 Å². The fourth-order valence-electron chi connectivity index (χ4n) is 2.07. The molecule has 0 aliphatic rings. The lowest BCUT2D eigenvalue weighted by Crippen LogP contribution is -2.13. The van der Waals surface area contributed by atoms with Crippen molar-refractivity contribution < 1.29 is 0 Å². The van der Waals surface area contributed by atoms with Gasteiger partial charge < -0.3 is 0 Å². The second-order valence-corrected chi connectivity index (χ2v) is 5.09. The zero-order valence-corrected chi connectivity index (χ0v) is 12.3. The smallest absolute Gasteiger partial charge is 0.234 e. The minimum Gasteiger partial charge on any atom is -0.278 e. The monoisotopic (exact) mass is 295 g/mol. The van der Waals surface area contributed by atoms with Crippen molar-refractivity contribution in [2.75, 3.05) is 4.90 Å². The molecule has 0 aliphatic heterocycles. The lowest BCUT2D eigenvalue weighted by atomic mass is 10.2. The number of para-hydroxylation sites is 2. The molecular formula is C17H14ClN3. The molecule has 0 saturated carbocycles. The highest BCUT2D eigenvalue weighted by Gasteiger charge is 2.16. The summed E-state index contributed by atoms with van der Waals surface area (Å²) in [5.41, 5.74) is 2.84. The number of anilines is 3. The van der Waals surface area contributed by atoms with Crippen molar-refractivity contribution in [2.24, 2.45) is 0 Å². The lowest BCUT2D eigenvalue weighted by Gasteiger charge is -2.23. The van der Waals surface area contributed by atoms with Crippen molar-refractivity contribution in [2.45, 2.75) is 6.92 Å². The van der Waals surface area contributed by atoms with Crippen LogP contribution < -0.4 is 4.90 Å². The van der Waals surface area contributed by atoms with Gasteiger partial charge in [0, 0.05) is 18.1 Å². The van der Waals surface area contributed by atoms with Gasteiger partial charge in [0.2, 0.25) is 5.95 Å². The highest BCUT2D eigenvalue weighted by Crippen LogP contribution is 2.36. The molecule has 0 amide bonds. The predicted octanol–water partition coefficient (Wildman–Crippen LogP) is 4.91. The van der Waals surface area contributed by atoms with E-state index in [-0.39, 0.29) is 0 Å². The van der Waals surface area contributed by atoms with Gasteiger partial charge in [-0.05, 0) is 36.8 Å². The van der Waals surface area contributed by atoms with Gasteiger partial charge in [0.05, 0.1) is 10.7 Å². The van der Waals surface area contributed by atoms with E-state index in [0.29, 0.717) is 11.0 Å². The van der Waals surface area contributed by atoms with E-state index in [1.165, 1.54) is 0 Å². The summed E-state index contributed by atoms with van der Waals surface area (Å²) in [7, 11) is 0. The number of benzene rings is 2. The van der Waals surface area contributed by atoms with E-state index in [2.05, 4.69) is 9.97 Å². The summed E-state index contributed by atoms with van der Waals surface area (Å²) in [4.78, 5) is 10.8. The molecule has 0 unspecified atom stereocenters. The molecule has 2 aromatic carbocycles. The molecule has 0 saturated heterocycles. The normalized spacial score (nSPS) is 10.4. The van der Waals surface area contributed by atoms with Crippen LogP contribution in [0.5, 0.6) is 0 Å². The number of hydrogen-bond acceptors (Lipinski definition) is 3. The van der Waals surface area contributed by atoms with E-state index in [1.54, 1.807) is 12.4 Å². The molecule has 0 spiro atoms. The minimum atomic E-state index is 0.597. The summed E-state index contributed by atoms with van der Waals surface area (Å²) in [6.45, 7) is 1.96. The Hall–Kier alpha value is -2.39. The summed E-state index contributed by atoms with van der Waals surface area (Å²) in [6, 6.07) is 17.6. The van der Waals surface area contributed by atoms with Gasteiger partial charge in [-0.2, -0.15) is 0 Å². The quantitative estimate of drug-likeness (QED) is 0.687. The second-order valence-electron chi connectivity index (χ2n) is 4.68. The Balaban J connectivity index is 2.16. The SMILES string of the molecule is Cc1cnc(N(c2ccccc2)c2ccccc2Cl)nc1. The minimum absolute atomic E-state index is 0.597. The van der Waals surface area contributed by atoms with Crippen LogP contribution in [-0.2, 0) is 0 Å². The van der Waals surface area contributed by atoms with E-state index in [4.69, 9.17) is 11.6 Å².